The van der Waals surface area contributed by atoms with Crippen molar-refractivity contribution in [2.45, 2.75) is 20.3 Å². The van der Waals surface area contributed by atoms with Crippen LogP contribution in [0.15, 0.2) is 45.5 Å². The van der Waals surface area contributed by atoms with E-state index in [1.54, 1.807) is 19.2 Å². The summed E-state index contributed by atoms with van der Waals surface area (Å²) in [7, 11) is 1.60. The van der Waals surface area contributed by atoms with E-state index in [0.29, 0.717) is 34.0 Å². The Morgan fingerprint density at radius 3 is 2.48 bits per heavy atom. The molecule has 3 rings (SSSR count). The molecule has 1 amide bonds. The minimum absolute atomic E-state index is 0.141. The topological polar surface area (TPSA) is 77.8 Å². The molecule has 0 aliphatic heterocycles. The summed E-state index contributed by atoms with van der Waals surface area (Å²) >= 11 is 4.50. The minimum atomic E-state index is -0.474. The van der Waals surface area contributed by atoms with E-state index in [4.69, 9.17) is 13.9 Å². The van der Waals surface area contributed by atoms with Gasteiger partial charge < -0.3 is 19.2 Å². The number of rotatable bonds is 7. The lowest BCUT2D eigenvalue weighted by molar-refractivity contribution is 0.0507. The predicted octanol–water partition coefficient (Wildman–Crippen LogP) is 5.91. The second kappa shape index (κ2) is 9.28. The maximum Gasteiger partial charge on any atom is 0.341 e. The van der Waals surface area contributed by atoms with E-state index in [1.165, 1.54) is 11.3 Å². The van der Waals surface area contributed by atoms with E-state index >= 15 is 0 Å². The smallest absolute Gasteiger partial charge is 0.341 e. The Kier molecular flexibility index (Phi) is 6.76. The number of hydrogen-bond donors (Lipinski definition) is 1. The average Bonchev–Trinajstić information content (AvgIpc) is 3.29. The third kappa shape index (κ3) is 4.71. The van der Waals surface area contributed by atoms with Crippen LogP contribution in [-0.4, -0.2) is 25.6 Å². The van der Waals surface area contributed by atoms with Crippen LogP contribution in [0.2, 0.25) is 0 Å². The number of ether oxygens (including phenoxy) is 2. The number of hydrogen-bond acceptors (Lipinski definition) is 6. The van der Waals surface area contributed by atoms with Crippen LogP contribution in [0.25, 0.3) is 11.1 Å². The molecule has 0 aliphatic carbocycles. The van der Waals surface area contributed by atoms with Gasteiger partial charge in [-0.2, -0.15) is 0 Å². The first-order chi connectivity index (χ1) is 13.9. The summed E-state index contributed by atoms with van der Waals surface area (Å²) in [5.41, 5.74) is 1.91. The Morgan fingerprint density at radius 1 is 1.17 bits per heavy atom. The number of anilines is 1. The number of carbonyl (C=O) groups excluding carboxylic acids is 2. The largest absolute Gasteiger partial charge is 0.497 e. The maximum atomic E-state index is 12.9. The molecular weight excluding hydrogens is 458 g/mol. The predicted molar refractivity (Wildman–Crippen MR) is 116 cm³/mol. The van der Waals surface area contributed by atoms with Gasteiger partial charge in [0, 0.05) is 10.4 Å². The van der Waals surface area contributed by atoms with Crippen LogP contribution in [0.3, 0.4) is 0 Å². The van der Waals surface area contributed by atoms with Crippen molar-refractivity contribution in [2.24, 2.45) is 0 Å². The van der Waals surface area contributed by atoms with Crippen LogP contribution in [-0.2, 0) is 4.74 Å². The molecule has 2 heterocycles. The van der Waals surface area contributed by atoms with E-state index in [2.05, 4.69) is 21.2 Å². The van der Waals surface area contributed by atoms with Crippen molar-refractivity contribution in [3.63, 3.8) is 0 Å². The third-order valence-electron chi connectivity index (χ3n) is 4.13. The summed E-state index contributed by atoms with van der Waals surface area (Å²) in [6.45, 7) is 4.13. The second-order valence-electron chi connectivity index (χ2n) is 6.16. The molecule has 0 saturated carbocycles. The summed E-state index contributed by atoms with van der Waals surface area (Å²) in [5.74, 6) is -0.0591. The fourth-order valence-electron chi connectivity index (χ4n) is 2.80. The number of thiophene rings is 1. The van der Waals surface area contributed by atoms with Crippen LogP contribution in [0, 0.1) is 6.92 Å². The zero-order chi connectivity index (χ0) is 21.0. The van der Waals surface area contributed by atoms with Crippen molar-refractivity contribution in [2.75, 3.05) is 19.0 Å². The molecule has 2 aromatic heterocycles. The molecule has 0 saturated heterocycles. The summed E-state index contributed by atoms with van der Waals surface area (Å²) in [6.07, 6.45) is 0.703. The molecule has 29 heavy (non-hydrogen) atoms. The Morgan fingerprint density at radius 2 is 1.90 bits per heavy atom. The molecule has 152 valence electrons. The van der Waals surface area contributed by atoms with Crippen LogP contribution < -0.4 is 10.1 Å². The fourth-order valence-corrected chi connectivity index (χ4v) is 4.17. The fraction of sp³-hybridized carbons (Fsp3) is 0.238. The normalized spacial score (nSPS) is 10.6. The number of nitrogens with one attached hydrogen (secondary N) is 1. The van der Waals surface area contributed by atoms with Crippen LogP contribution in [0.5, 0.6) is 5.75 Å². The number of halogens is 1. The van der Waals surface area contributed by atoms with Gasteiger partial charge in [-0.25, -0.2) is 4.79 Å². The molecule has 0 fully saturated rings. The third-order valence-corrected chi connectivity index (χ3v) is 5.58. The lowest BCUT2D eigenvalue weighted by Gasteiger charge is -2.10. The summed E-state index contributed by atoms with van der Waals surface area (Å²) < 4.78 is 16.4. The first-order valence-corrected chi connectivity index (χ1v) is 10.6. The molecule has 0 radical (unpaired) electrons. The molecule has 1 aromatic carbocycles. The monoisotopic (exact) mass is 477 g/mol. The van der Waals surface area contributed by atoms with Gasteiger partial charge in [0.2, 0.25) is 0 Å². The Bertz CT molecular complexity index is 1020. The minimum Gasteiger partial charge on any atom is -0.497 e. The van der Waals surface area contributed by atoms with Crippen molar-refractivity contribution in [3.05, 3.63) is 57.3 Å². The van der Waals surface area contributed by atoms with Gasteiger partial charge in [0.05, 0.1) is 13.7 Å². The van der Waals surface area contributed by atoms with Crippen LogP contribution in [0.4, 0.5) is 5.00 Å². The molecule has 8 heteroatoms. The zero-order valence-corrected chi connectivity index (χ0v) is 18.6. The average molecular weight is 478 g/mol. The molecule has 6 nitrogen and oxygen atoms in total. The molecule has 0 unspecified atom stereocenters. The highest BCUT2D eigenvalue weighted by molar-refractivity contribution is 9.10. The molecule has 0 spiro atoms. The number of amides is 1. The van der Waals surface area contributed by atoms with Crippen LogP contribution >= 0.6 is 27.3 Å². The molecule has 0 aliphatic rings. The van der Waals surface area contributed by atoms with E-state index in [0.717, 1.165) is 16.0 Å². The highest BCUT2D eigenvalue weighted by Crippen LogP contribution is 2.41. The standard InChI is InChI=1S/C21H20BrNO5S/c1-4-11-27-21(25)18-17(13-5-7-14(26-3)8-6-13)12(2)29-20(18)23-19(24)15-9-10-16(22)28-15/h5-10H,4,11H2,1-3H3,(H,23,24). The Balaban J connectivity index is 2.03. The van der Waals surface area contributed by atoms with E-state index in [9.17, 15) is 9.59 Å². The Hall–Kier alpha value is -2.58. The van der Waals surface area contributed by atoms with Crippen molar-refractivity contribution < 1.29 is 23.5 Å². The van der Waals surface area contributed by atoms with Gasteiger partial charge >= 0.3 is 5.97 Å². The highest BCUT2D eigenvalue weighted by atomic mass is 79.9. The molecule has 0 bridgehead atoms. The van der Waals surface area contributed by atoms with Crippen molar-refractivity contribution in [1.82, 2.24) is 0 Å². The van der Waals surface area contributed by atoms with Crippen molar-refractivity contribution in [1.29, 1.82) is 0 Å². The molecular formula is C21H20BrNO5S. The number of furan rings is 1. The van der Waals surface area contributed by atoms with Crippen molar-refractivity contribution >= 4 is 44.1 Å². The summed E-state index contributed by atoms with van der Waals surface area (Å²) in [5, 5.41) is 3.21. The quantitative estimate of drug-likeness (QED) is 0.428. The summed E-state index contributed by atoms with van der Waals surface area (Å²) in [4.78, 5) is 26.3. The van der Waals surface area contributed by atoms with Gasteiger partial charge in [-0.1, -0.05) is 19.1 Å². The summed E-state index contributed by atoms with van der Waals surface area (Å²) in [6, 6.07) is 10.6. The van der Waals surface area contributed by atoms with Gasteiger partial charge in [0.15, 0.2) is 10.4 Å². The lowest BCUT2D eigenvalue weighted by atomic mass is 10.0. The number of aryl methyl sites for hydroxylation is 1. The first-order valence-electron chi connectivity index (χ1n) is 8.96. The van der Waals surface area contributed by atoms with E-state index in [-0.39, 0.29) is 5.76 Å². The number of carbonyl (C=O) groups is 2. The SMILES string of the molecule is CCCOC(=O)c1c(NC(=O)c2ccc(Br)o2)sc(C)c1-c1ccc(OC)cc1. The first kappa shape index (κ1) is 21.1. The van der Waals surface area contributed by atoms with Gasteiger partial charge in [-0.3, -0.25) is 4.79 Å². The number of benzene rings is 1. The number of esters is 1. The molecule has 3 aromatic rings. The highest BCUT2D eigenvalue weighted by Gasteiger charge is 2.26. The lowest BCUT2D eigenvalue weighted by Crippen LogP contribution is -2.14. The van der Waals surface area contributed by atoms with E-state index in [1.807, 2.05) is 38.1 Å². The molecule has 0 atom stereocenters. The maximum absolute atomic E-state index is 12.9. The molecule has 1 N–H and O–H groups in total. The van der Waals surface area contributed by atoms with E-state index < -0.39 is 11.9 Å². The van der Waals surface area contributed by atoms with Gasteiger partial charge in [0.1, 0.15) is 16.3 Å². The van der Waals surface area contributed by atoms with Crippen LogP contribution in [0.1, 0.15) is 39.1 Å². The second-order valence-corrected chi connectivity index (χ2v) is 8.17. The van der Waals surface area contributed by atoms with Crippen molar-refractivity contribution in [3.8, 4) is 16.9 Å². The Labute approximate surface area is 181 Å². The zero-order valence-electron chi connectivity index (χ0n) is 16.2. The van der Waals surface area contributed by atoms with Gasteiger partial charge in [0.25, 0.3) is 5.91 Å². The van der Waals surface area contributed by atoms with Gasteiger partial charge in [-0.15, -0.1) is 11.3 Å². The number of methoxy groups -OCH3 is 1. The van der Waals surface area contributed by atoms with Gasteiger partial charge in [-0.05, 0) is 59.1 Å².